The van der Waals surface area contributed by atoms with Gasteiger partial charge >= 0.3 is 35.3 Å². The first-order valence-corrected chi connectivity index (χ1v) is 9.69. The molecule has 0 aromatic rings. The molecule has 0 bridgehead atoms. The Hall–Kier alpha value is 1.23. The fourth-order valence-electron chi connectivity index (χ4n) is 0.204. The molecule has 0 amide bonds. The third-order valence-corrected chi connectivity index (χ3v) is 0.558. The van der Waals surface area contributed by atoms with Crippen LogP contribution in [0, 0.1) is 0 Å². The standard InChI is InChI=1S/C4H11N.2ClH.W/c1-2-3-4-5;;;/h2-5H2,1H3;2*1H;/q;;;+2/p-2. The Kier molecular flexibility index (Phi) is 23.5. The molecule has 0 unspecified atom stereocenters. The van der Waals surface area contributed by atoms with E-state index >= 15 is 0 Å². The van der Waals surface area contributed by atoms with Crippen molar-refractivity contribution in [1.82, 2.24) is 0 Å². The number of rotatable bonds is 2. The van der Waals surface area contributed by atoms with Gasteiger partial charge in [0.25, 0.3) is 0 Å². The van der Waals surface area contributed by atoms with Gasteiger partial charge in [-0.1, -0.05) is 13.3 Å². The molecule has 0 saturated heterocycles. The molecule has 0 rings (SSSR count). The van der Waals surface area contributed by atoms with Crippen LogP contribution in [0.5, 0.6) is 0 Å². The summed E-state index contributed by atoms with van der Waals surface area (Å²) in [7, 11) is 9.86. The maximum atomic E-state index is 5.14. The number of nitrogens with two attached hydrogens (primary N) is 1. The van der Waals surface area contributed by atoms with E-state index < -0.39 is 16.5 Å². The SMILES string of the molecule is CCCCN.[Cl][W][Cl]. The van der Waals surface area contributed by atoms with Crippen molar-refractivity contribution in [2.75, 3.05) is 6.54 Å². The first-order valence-electron chi connectivity index (χ1n) is 2.42. The topological polar surface area (TPSA) is 26.0 Å². The maximum absolute atomic E-state index is 5.14. The second-order valence-corrected chi connectivity index (χ2v) is 5.44. The molecular formula is C4H11Cl2NW. The predicted octanol–water partition coefficient (Wildman–Crippen LogP) is 2.12. The van der Waals surface area contributed by atoms with Crippen LogP contribution in [0.2, 0.25) is 0 Å². The van der Waals surface area contributed by atoms with Gasteiger partial charge in [-0.2, -0.15) is 0 Å². The van der Waals surface area contributed by atoms with Crippen LogP contribution in [-0.2, 0) is 16.5 Å². The normalized spacial score (nSPS) is 7.50. The second-order valence-electron chi connectivity index (χ2n) is 1.20. The van der Waals surface area contributed by atoms with E-state index in [1.165, 1.54) is 12.8 Å². The van der Waals surface area contributed by atoms with Crippen molar-refractivity contribution in [2.24, 2.45) is 5.73 Å². The summed E-state index contributed by atoms with van der Waals surface area (Å²) < 4.78 is 0. The quantitative estimate of drug-likeness (QED) is 0.826. The van der Waals surface area contributed by atoms with E-state index in [4.69, 9.17) is 24.6 Å². The zero-order valence-corrected chi connectivity index (χ0v) is 9.31. The average Bonchev–Trinajstić information content (AvgIpc) is 1.71. The number of halogens is 2. The zero-order chi connectivity index (χ0) is 6.83. The fraction of sp³-hybridized carbons (Fsp3) is 1.00. The summed E-state index contributed by atoms with van der Waals surface area (Å²) >= 11 is -0.806. The number of unbranched alkanes of at least 4 members (excludes halogenated alkanes) is 1. The van der Waals surface area contributed by atoms with E-state index in [2.05, 4.69) is 6.92 Å². The van der Waals surface area contributed by atoms with E-state index in [0.29, 0.717) is 0 Å². The molecule has 8 heavy (non-hydrogen) atoms. The van der Waals surface area contributed by atoms with Gasteiger partial charge in [0.1, 0.15) is 0 Å². The third-order valence-electron chi connectivity index (χ3n) is 0.558. The van der Waals surface area contributed by atoms with Gasteiger partial charge in [0.05, 0.1) is 0 Å². The monoisotopic (exact) mass is 327 g/mol. The Morgan fingerprint density at radius 2 is 1.88 bits per heavy atom. The average molecular weight is 328 g/mol. The summed E-state index contributed by atoms with van der Waals surface area (Å²) in [5.41, 5.74) is 5.14. The van der Waals surface area contributed by atoms with Crippen LogP contribution in [0.3, 0.4) is 0 Å². The van der Waals surface area contributed by atoms with E-state index in [9.17, 15) is 0 Å². The molecule has 0 fully saturated rings. The molecule has 52 valence electrons. The summed E-state index contributed by atoms with van der Waals surface area (Å²) in [4.78, 5) is 0. The Morgan fingerprint density at radius 3 is 1.88 bits per heavy atom. The van der Waals surface area contributed by atoms with E-state index in [-0.39, 0.29) is 0 Å². The Labute approximate surface area is 67.3 Å². The molecule has 0 aliphatic heterocycles. The number of hydrogen-bond donors (Lipinski definition) is 1. The molecule has 0 heterocycles. The van der Waals surface area contributed by atoms with Crippen LogP contribution < -0.4 is 5.73 Å². The van der Waals surface area contributed by atoms with Crippen LogP contribution in [0.15, 0.2) is 0 Å². The van der Waals surface area contributed by atoms with Crippen molar-refractivity contribution in [2.45, 2.75) is 19.8 Å². The molecule has 0 aromatic heterocycles. The van der Waals surface area contributed by atoms with Crippen molar-refractivity contribution in [3.63, 3.8) is 0 Å². The van der Waals surface area contributed by atoms with E-state index in [0.717, 1.165) is 6.54 Å². The molecule has 0 atom stereocenters. The molecule has 0 aliphatic carbocycles. The predicted molar refractivity (Wildman–Crippen MR) is 35.7 cm³/mol. The van der Waals surface area contributed by atoms with Gasteiger partial charge in [-0.25, -0.2) is 0 Å². The summed E-state index contributed by atoms with van der Waals surface area (Å²) in [5.74, 6) is 0. The molecule has 0 spiro atoms. The van der Waals surface area contributed by atoms with Gasteiger partial charge in [0.2, 0.25) is 0 Å². The molecule has 0 aromatic carbocycles. The molecule has 1 nitrogen and oxygen atoms in total. The summed E-state index contributed by atoms with van der Waals surface area (Å²) in [6.07, 6.45) is 2.39. The first-order chi connectivity index (χ1) is 3.83. The van der Waals surface area contributed by atoms with Crippen molar-refractivity contribution in [1.29, 1.82) is 0 Å². The first kappa shape index (κ1) is 12.0. The van der Waals surface area contributed by atoms with Crippen LogP contribution in [0.25, 0.3) is 0 Å². The van der Waals surface area contributed by atoms with Crippen molar-refractivity contribution < 1.29 is 16.5 Å². The van der Waals surface area contributed by atoms with Gasteiger partial charge in [-0.15, -0.1) is 0 Å². The Morgan fingerprint density at radius 1 is 1.50 bits per heavy atom. The van der Waals surface area contributed by atoms with E-state index in [1.54, 1.807) is 0 Å². The van der Waals surface area contributed by atoms with Gasteiger partial charge in [0.15, 0.2) is 0 Å². The molecule has 0 radical (unpaired) electrons. The fourth-order valence-corrected chi connectivity index (χ4v) is 0.204. The summed E-state index contributed by atoms with van der Waals surface area (Å²) in [6.45, 7) is 2.98. The summed E-state index contributed by atoms with van der Waals surface area (Å²) in [5, 5.41) is 0. The third kappa shape index (κ3) is 26.9. The Bertz CT molecular complexity index is 28.0. The summed E-state index contributed by atoms with van der Waals surface area (Å²) in [6, 6.07) is 0. The Balaban J connectivity index is 0. The molecule has 0 aliphatic rings. The van der Waals surface area contributed by atoms with Gasteiger partial charge in [-0.05, 0) is 13.0 Å². The minimum atomic E-state index is -0.806. The molecular weight excluding hydrogens is 317 g/mol. The van der Waals surface area contributed by atoms with Crippen LogP contribution in [-0.4, -0.2) is 6.54 Å². The van der Waals surface area contributed by atoms with Crippen molar-refractivity contribution in [3.8, 4) is 0 Å². The van der Waals surface area contributed by atoms with Crippen LogP contribution in [0.4, 0.5) is 0 Å². The van der Waals surface area contributed by atoms with Gasteiger partial charge in [-0.3, -0.25) is 0 Å². The second kappa shape index (κ2) is 15.7. The van der Waals surface area contributed by atoms with Gasteiger partial charge < -0.3 is 5.73 Å². The van der Waals surface area contributed by atoms with Crippen molar-refractivity contribution in [3.05, 3.63) is 0 Å². The van der Waals surface area contributed by atoms with Crippen LogP contribution >= 0.6 is 18.8 Å². The minimum absolute atomic E-state index is 0.806. The molecule has 0 saturated carbocycles. The molecule has 2 N–H and O–H groups in total. The van der Waals surface area contributed by atoms with E-state index in [1.807, 2.05) is 0 Å². The van der Waals surface area contributed by atoms with Crippen LogP contribution in [0.1, 0.15) is 19.8 Å². The number of hydrogen-bond acceptors (Lipinski definition) is 1. The zero-order valence-electron chi connectivity index (χ0n) is 4.86. The van der Waals surface area contributed by atoms with Gasteiger partial charge in [0, 0.05) is 0 Å². The molecule has 4 heteroatoms. The van der Waals surface area contributed by atoms with Crippen molar-refractivity contribution >= 4 is 18.8 Å².